The number of carboxylic acid groups (broad SMARTS) is 1. The second-order valence-corrected chi connectivity index (χ2v) is 7.18. The number of carboxylic acids is 1. The van der Waals surface area contributed by atoms with Gasteiger partial charge < -0.3 is 14.3 Å². The molecule has 3 N–H and O–H groups in total. The first kappa shape index (κ1) is 18.8. The Hall–Kier alpha value is -3.01. The molecule has 0 radical (unpaired) electrons. The molecule has 1 atom stereocenters. The molecule has 3 rings (SSSR count). The van der Waals surface area contributed by atoms with Crippen LogP contribution in [0.1, 0.15) is 12.0 Å². The molecule has 1 unspecified atom stereocenters. The van der Waals surface area contributed by atoms with Gasteiger partial charge in [0.1, 0.15) is 5.69 Å². The van der Waals surface area contributed by atoms with E-state index in [9.17, 15) is 18.3 Å². The van der Waals surface area contributed by atoms with Crippen molar-refractivity contribution >= 4 is 16.0 Å². The monoisotopic (exact) mass is 388 g/mol. The summed E-state index contributed by atoms with van der Waals surface area (Å²) in [5.41, 5.74) is 1.63. The van der Waals surface area contributed by atoms with Crippen LogP contribution in [-0.2, 0) is 19.6 Å². The number of hydrogen-bond acceptors (Lipinski definition) is 6. The predicted octanol–water partition coefficient (Wildman–Crippen LogP) is 2.43. The number of primary sulfonamides is 1. The standard InChI is InChI=1S/C18H16N2O6S/c1-25-16(18(21)22)17-20-14(11-5-3-2-4-6-11)15(26-17)12-7-9-13(10-8-12)27(19,23)24/h2-10,16H,1H3,(H,21,22)(H2,19,23,24). The number of nitrogens with two attached hydrogens (primary N) is 1. The van der Waals surface area contributed by atoms with Gasteiger partial charge in [0, 0.05) is 18.2 Å². The van der Waals surface area contributed by atoms with E-state index in [0.717, 1.165) is 0 Å². The predicted molar refractivity (Wildman–Crippen MR) is 96.1 cm³/mol. The number of ether oxygens (including phenoxy) is 1. The maximum Gasteiger partial charge on any atom is 0.342 e. The van der Waals surface area contributed by atoms with Crippen molar-refractivity contribution in [2.75, 3.05) is 7.11 Å². The summed E-state index contributed by atoms with van der Waals surface area (Å²) >= 11 is 0. The van der Waals surface area contributed by atoms with Crippen LogP contribution in [0.2, 0.25) is 0 Å². The molecular formula is C18H16N2O6S. The van der Waals surface area contributed by atoms with Gasteiger partial charge in [-0.2, -0.15) is 0 Å². The summed E-state index contributed by atoms with van der Waals surface area (Å²) in [4.78, 5) is 15.6. The van der Waals surface area contributed by atoms with Crippen molar-refractivity contribution in [3.05, 3.63) is 60.5 Å². The normalized spacial score (nSPS) is 12.7. The third-order valence-electron chi connectivity index (χ3n) is 3.82. The fourth-order valence-electron chi connectivity index (χ4n) is 2.54. The summed E-state index contributed by atoms with van der Waals surface area (Å²) in [6.07, 6.45) is -1.37. The first-order chi connectivity index (χ1) is 12.8. The van der Waals surface area contributed by atoms with Crippen LogP contribution in [0, 0.1) is 0 Å². The SMILES string of the molecule is COC(C(=O)O)c1nc(-c2ccccc2)c(-c2ccc(S(N)(=O)=O)cc2)o1. The highest BCUT2D eigenvalue weighted by Crippen LogP contribution is 2.35. The Labute approximate surface area is 155 Å². The van der Waals surface area contributed by atoms with Crippen molar-refractivity contribution in [2.24, 2.45) is 5.14 Å². The molecule has 8 nitrogen and oxygen atoms in total. The van der Waals surface area contributed by atoms with E-state index in [1.807, 2.05) is 18.2 Å². The zero-order chi connectivity index (χ0) is 19.6. The molecular weight excluding hydrogens is 372 g/mol. The highest BCUT2D eigenvalue weighted by atomic mass is 32.2. The third-order valence-corrected chi connectivity index (χ3v) is 4.75. The minimum absolute atomic E-state index is 0.0486. The molecule has 0 saturated heterocycles. The Balaban J connectivity index is 2.15. The molecule has 9 heteroatoms. The molecule has 0 aliphatic carbocycles. The maximum absolute atomic E-state index is 11.4. The number of methoxy groups -OCH3 is 1. The summed E-state index contributed by atoms with van der Waals surface area (Å²) in [7, 11) is -2.59. The number of benzene rings is 2. The highest BCUT2D eigenvalue weighted by molar-refractivity contribution is 7.89. The van der Waals surface area contributed by atoms with Crippen molar-refractivity contribution < 1.29 is 27.5 Å². The molecule has 2 aromatic carbocycles. The topological polar surface area (TPSA) is 133 Å². The van der Waals surface area contributed by atoms with E-state index in [0.29, 0.717) is 22.6 Å². The minimum atomic E-state index is -3.83. The quantitative estimate of drug-likeness (QED) is 0.662. The molecule has 1 heterocycles. The van der Waals surface area contributed by atoms with Gasteiger partial charge in [-0.3, -0.25) is 0 Å². The lowest BCUT2D eigenvalue weighted by Crippen LogP contribution is -2.13. The number of carbonyl (C=O) groups is 1. The second-order valence-electron chi connectivity index (χ2n) is 5.62. The zero-order valence-corrected chi connectivity index (χ0v) is 15.0. The van der Waals surface area contributed by atoms with Crippen LogP contribution in [0.4, 0.5) is 0 Å². The van der Waals surface area contributed by atoms with E-state index in [2.05, 4.69) is 4.98 Å². The molecule has 0 saturated carbocycles. The molecule has 1 aromatic heterocycles. The van der Waals surface area contributed by atoms with Crippen LogP contribution in [0.25, 0.3) is 22.6 Å². The summed E-state index contributed by atoms with van der Waals surface area (Å²) in [6, 6.07) is 14.8. The van der Waals surface area contributed by atoms with E-state index in [1.165, 1.54) is 31.4 Å². The fraction of sp³-hybridized carbons (Fsp3) is 0.111. The average molecular weight is 388 g/mol. The number of aromatic nitrogens is 1. The van der Waals surface area contributed by atoms with Gasteiger partial charge in [0.2, 0.25) is 22.0 Å². The molecule has 0 fully saturated rings. The van der Waals surface area contributed by atoms with Gasteiger partial charge in [-0.25, -0.2) is 23.3 Å². The van der Waals surface area contributed by atoms with Crippen molar-refractivity contribution in [2.45, 2.75) is 11.0 Å². The number of hydrogen-bond donors (Lipinski definition) is 2. The Morgan fingerprint density at radius 3 is 2.26 bits per heavy atom. The summed E-state index contributed by atoms with van der Waals surface area (Å²) in [5.74, 6) is -1.07. The first-order valence-electron chi connectivity index (χ1n) is 7.76. The van der Waals surface area contributed by atoms with Crippen LogP contribution in [-0.4, -0.2) is 31.6 Å². The summed E-state index contributed by atoms with van der Waals surface area (Å²) < 4.78 is 33.5. The molecule has 140 valence electrons. The van der Waals surface area contributed by atoms with E-state index in [-0.39, 0.29) is 10.8 Å². The van der Waals surface area contributed by atoms with Crippen LogP contribution >= 0.6 is 0 Å². The zero-order valence-electron chi connectivity index (χ0n) is 14.2. The maximum atomic E-state index is 11.4. The Morgan fingerprint density at radius 2 is 1.74 bits per heavy atom. The molecule has 0 aliphatic rings. The lowest BCUT2D eigenvalue weighted by molar-refractivity contribution is -0.150. The van der Waals surface area contributed by atoms with E-state index >= 15 is 0 Å². The van der Waals surface area contributed by atoms with Crippen molar-refractivity contribution in [3.8, 4) is 22.6 Å². The van der Waals surface area contributed by atoms with Gasteiger partial charge in [-0.15, -0.1) is 0 Å². The van der Waals surface area contributed by atoms with Gasteiger partial charge in [0.05, 0.1) is 4.90 Å². The van der Waals surface area contributed by atoms with E-state index in [1.54, 1.807) is 12.1 Å². The van der Waals surface area contributed by atoms with Gasteiger partial charge in [0.15, 0.2) is 5.76 Å². The molecule has 27 heavy (non-hydrogen) atoms. The van der Waals surface area contributed by atoms with E-state index < -0.39 is 22.1 Å². The molecule has 0 spiro atoms. The largest absolute Gasteiger partial charge is 0.479 e. The van der Waals surface area contributed by atoms with Gasteiger partial charge >= 0.3 is 5.97 Å². The highest BCUT2D eigenvalue weighted by Gasteiger charge is 2.28. The van der Waals surface area contributed by atoms with Crippen LogP contribution in [0.3, 0.4) is 0 Å². The molecule has 0 amide bonds. The minimum Gasteiger partial charge on any atom is -0.479 e. The fourth-order valence-corrected chi connectivity index (χ4v) is 3.05. The van der Waals surface area contributed by atoms with E-state index in [4.69, 9.17) is 14.3 Å². The summed E-state index contributed by atoms with van der Waals surface area (Å²) in [5, 5.41) is 14.4. The van der Waals surface area contributed by atoms with Gasteiger partial charge in [-0.1, -0.05) is 30.3 Å². The second kappa shape index (κ2) is 7.31. The summed E-state index contributed by atoms with van der Waals surface area (Å²) in [6.45, 7) is 0. The number of rotatable bonds is 6. The molecule has 0 bridgehead atoms. The number of oxazole rings is 1. The first-order valence-corrected chi connectivity index (χ1v) is 9.31. The lowest BCUT2D eigenvalue weighted by atomic mass is 10.1. The lowest BCUT2D eigenvalue weighted by Gasteiger charge is -2.05. The Kier molecular flexibility index (Phi) is 5.08. The average Bonchev–Trinajstić information content (AvgIpc) is 3.07. The van der Waals surface area contributed by atoms with Crippen LogP contribution in [0.5, 0.6) is 0 Å². The third kappa shape index (κ3) is 3.90. The molecule has 3 aromatic rings. The molecule has 0 aliphatic heterocycles. The Bertz CT molecular complexity index is 1060. The number of nitrogens with zero attached hydrogens (tertiary/aromatic N) is 1. The Morgan fingerprint density at radius 1 is 1.11 bits per heavy atom. The van der Waals surface area contributed by atoms with Crippen LogP contribution in [0.15, 0.2) is 63.9 Å². The smallest absolute Gasteiger partial charge is 0.342 e. The van der Waals surface area contributed by atoms with Crippen molar-refractivity contribution in [1.29, 1.82) is 0 Å². The number of sulfonamides is 1. The van der Waals surface area contributed by atoms with Gasteiger partial charge in [-0.05, 0) is 24.3 Å². The van der Waals surface area contributed by atoms with Crippen molar-refractivity contribution in [3.63, 3.8) is 0 Å². The van der Waals surface area contributed by atoms with Crippen LogP contribution < -0.4 is 5.14 Å². The number of aliphatic carboxylic acids is 1. The van der Waals surface area contributed by atoms with Gasteiger partial charge in [0.25, 0.3) is 0 Å². The van der Waals surface area contributed by atoms with Crippen molar-refractivity contribution in [1.82, 2.24) is 4.98 Å².